The molecule has 1 aliphatic heterocycles. The van der Waals surface area contributed by atoms with Crippen molar-refractivity contribution in [2.24, 2.45) is 0 Å². The first kappa shape index (κ1) is 20.2. The topological polar surface area (TPSA) is 51.3 Å². The van der Waals surface area contributed by atoms with Gasteiger partial charge in [-0.25, -0.2) is 4.68 Å². The summed E-state index contributed by atoms with van der Waals surface area (Å²) >= 11 is 3.64. The number of hydrogen-bond acceptors (Lipinski definition) is 5. The fourth-order valence-corrected chi connectivity index (χ4v) is 5.93. The summed E-state index contributed by atoms with van der Waals surface area (Å²) in [4.78, 5) is 14.8. The highest BCUT2D eigenvalue weighted by molar-refractivity contribution is 7.99. The summed E-state index contributed by atoms with van der Waals surface area (Å²) in [5.74, 6) is 3.78. The van der Waals surface area contributed by atoms with Crippen molar-refractivity contribution in [1.82, 2.24) is 14.7 Å². The number of hydrogen-bond donors (Lipinski definition) is 0. The van der Waals surface area contributed by atoms with Crippen molar-refractivity contribution in [1.29, 1.82) is 0 Å². The molecule has 1 amide bonds. The second-order valence-corrected chi connectivity index (χ2v) is 9.32. The van der Waals surface area contributed by atoms with E-state index in [1.165, 1.54) is 5.56 Å². The molecule has 5 nitrogen and oxygen atoms in total. The molecule has 0 spiro atoms. The second kappa shape index (κ2) is 9.13. The molecule has 0 bridgehead atoms. The number of aromatic nitrogens is 2. The average Bonchev–Trinajstić information content (AvgIpc) is 3.35. The van der Waals surface area contributed by atoms with Crippen molar-refractivity contribution in [3.8, 4) is 5.69 Å². The van der Waals surface area contributed by atoms with Gasteiger partial charge in [0, 0.05) is 35.7 Å². The molecule has 152 valence electrons. The summed E-state index contributed by atoms with van der Waals surface area (Å²) in [6, 6.07) is 14.1. The quantitative estimate of drug-likeness (QED) is 0.498. The van der Waals surface area contributed by atoms with Crippen LogP contribution in [0.3, 0.4) is 0 Å². The van der Waals surface area contributed by atoms with Crippen molar-refractivity contribution < 1.29 is 9.21 Å². The van der Waals surface area contributed by atoms with E-state index in [2.05, 4.69) is 19.1 Å². The Balaban J connectivity index is 1.52. The van der Waals surface area contributed by atoms with Crippen LogP contribution in [-0.2, 0) is 10.5 Å². The maximum atomic E-state index is 12.8. The number of amides is 1. The van der Waals surface area contributed by atoms with Gasteiger partial charge in [-0.2, -0.15) is 16.9 Å². The van der Waals surface area contributed by atoms with Gasteiger partial charge in [0.2, 0.25) is 5.91 Å². The Bertz CT molecular complexity index is 954. The SMILES string of the molecule is Cc1nn(-c2ccccc2)c(C)c1C1SCCC(=O)N1CCSCc1ccco1. The molecule has 1 atom stereocenters. The predicted octanol–water partition coefficient (Wildman–Crippen LogP) is 4.98. The predicted molar refractivity (Wildman–Crippen MR) is 119 cm³/mol. The van der Waals surface area contributed by atoms with E-state index in [-0.39, 0.29) is 11.3 Å². The van der Waals surface area contributed by atoms with Gasteiger partial charge in [0.05, 0.1) is 23.4 Å². The second-order valence-electron chi connectivity index (χ2n) is 7.02. The zero-order valence-corrected chi connectivity index (χ0v) is 18.3. The minimum Gasteiger partial charge on any atom is -0.468 e. The minimum absolute atomic E-state index is 0.0259. The molecule has 0 saturated carbocycles. The highest BCUT2D eigenvalue weighted by atomic mass is 32.2. The summed E-state index contributed by atoms with van der Waals surface area (Å²) in [7, 11) is 0. The zero-order chi connectivity index (χ0) is 20.2. The molecule has 29 heavy (non-hydrogen) atoms. The molecule has 1 fully saturated rings. The average molecular weight is 428 g/mol. The lowest BCUT2D eigenvalue weighted by Gasteiger charge is -2.35. The largest absolute Gasteiger partial charge is 0.468 e. The molecule has 0 radical (unpaired) electrons. The Kier molecular flexibility index (Phi) is 6.35. The third-order valence-electron chi connectivity index (χ3n) is 5.09. The van der Waals surface area contributed by atoms with E-state index in [4.69, 9.17) is 9.52 Å². The standard InChI is InChI=1S/C22H25N3O2S2/c1-16-21(17(2)25(23-16)18-7-4-3-5-8-18)22-24(20(26)10-13-29-22)11-14-28-15-19-9-6-12-27-19/h3-9,12,22H,10-11,13-15H2,1-2H3. The Labute approximate surface area is 179 Å². The summed E-state index contributed by atoms with van der Waals surface area (Å²) in [5, 5.41) is 4.82. The summed E-state index contributed by atoms with van der Waals surface area (Å²) in [5.41, 5.74) is 4.32. The molecular weight excluding hydrogens is 402 g/mol. The summed E-state index contributed by atoms with van der Waals surface area (Å²) in [6.07, 6.45) is 2.31. The van der Waals surface area contributed by atoms with E-state index in [0.29, 0.717) is 6.42 Å². The molecule has 3 aromatic rings. The lowest BCUT2D eigenvalue weighted by atomic mass is 10.1. The summed E-state index contributed by atoms with van der Waals surface area (Å²) in [6.45, 7) is 4.88. The lowest BCUT2D eigenvalue weighted by Crippen LogP contribution is -2.39. The number of para-hydroxylation sites is 1. The third kappa shape index (κ3) is 4.41. The number of thioether (sulfide) groups is 2. The van der Waals surface area contributed by atoms with Gasteiger partial charge in [0.25, 0.3) is 0 Å². The minimum atomic E-state index is 0.0259. The van der Waals surface area contributed by atoms with Gasteiger partial charge in [-0.3, -0.25) is 4.79 Å². The number of furan rings is 1. The lowest BCUT2D eigenvalue weighted by molar-refractivity contribution is -0.131. The Morgan fingerprint density at radius 2 is 2.03 bits per heavy atom. The van der Waals surface area contributed by atoms with Gasteiger partial charge in [0.15, 0.2) is 0 Å². The van der Waals surface area contributed by atoms with Crippen molar-refractivity contribution in [2.45, 2.75) is 31.4 Å². The van der Waals surface area contributed by atoms with Crippen LogP contribution in [0.1, 0.15) is 34.5 Å². The molecule has 1 saturated heterocycles. The molecule has 2 aromatic heterocycles. The molecule has 0 aliphatic carbocycles. The van der Waals surface area contributed by atoms with Gasteiger partial charge in [0.1, 0.15) is 11.1 Å². The van der Waals surface area contributed by atoms with Crippen LogP contribution in [0.4, 0.5) is 0 Å². The highest BCUT2D eigenvalue weighted by Crippen LogP contribution is 2.40. The van der Waals surface area contributed by atoms with Crippen LogP contribution >= 0.6 is 23.5 Å². The molecule has 1 aliphatic rings. The van der Waals surface area contributed by atoms with E-state index in [9.17, 15) is 4.79 Å². The Morgan fingerprint density at radius 3 is 2.79 bits per heavy atom. The number of benzene rings is 1. The fraction of sp³-hybridized carbons (Fsp3) is 0.364. The smallest absolute Gasteiger partial charge is 0.224 e. The van der Waals surface area contributed by atoms with Crippen molar-refractivity contribution >= 4 is 29.4 Å². The first-order valence-electron chi connectivity index (χ1n) is 9.78. The maximum absolute atomic E-state index is 12.8. The van der Waals surface area contributed by atoms with E-state index in [1.807, 2.05) is 58.6 Å². The van der Waals surface area contributed by atoms with Crippen LogP contribution < -0.4 is 0 Å². The van der Waals surface area contributed by atoms with Crippen LogP contribution in [0.2, 0.25) is 0 Å². The van der Waals surface area contributed by atoms with Gasteiger partial charge in [-0.1, -0.05) is 18.2 Å². The highest BCUT2D eigenvalue weighted by Gasteiger charge is 2.33. The monoisotopic (exact) mass is 427 g/mol. The van der Waals surface area contributed by atoms with Crippen LogP contribution in [0.25, 0.3) is 5.69 Å². The van der Waals surface area contributed by atoms with E-state index < -0.39 is 0 Å². The third-order valence-corrected chi connectivity index (χ3v) is 7.30. The van der Waals surface area contributed by atoms with E-state index in [0.717, 1.165) is 46.6 Å². The molecular formula is C22H25N3O2S2. The number of carbonyl (C=O) groups is 1. The number of carbonyl (C=O) groups excluding carboxylic acids is 1. The molecule has 1 aromatic carbocycles. The van der Waals surface area contributed by atoms with Crippen LogP contribution in [0.5, 0.6) is 0 Å². The summed E-state index contributed by atoms with van der Waals surface area (Å²) < 4.78 is 7.39. The first-order valence-corrected chi connectivity index (χ1v) is 12.0. The number of nitrogens with zero attached hydrogens (tertiary/aromatic N) is 3. The van der Waals surface area contributed by atoms with Gasteiger partial charge in [-0.05, 0) is 38.1 Å². The van der Waals surface area contributed by atoms with Gasteiger partial charge < -0.3 is 9.32 Å². The molecule has 1 unspecified atom stereocenters. The Morgan fingerprint density at radius 1 is 1.21 bits per heavy atom. The molecule has 7 heteroatoms. The molecule has 0 N–H and O–H groups in total. The number of rotatable bonds is 7. The van der Waals surface area contributed by atoms with Crippen LogP contribution in [0, 0.1) is 13.8 Å². The first-order chi connectivity index (χ1) is 14.1. The van der Waals surface area contributed by atoms with Crippen molar-refractivity contribution in [3.63, 3.8) is 0 Å². The van der Waals surface area contributed by atoms with Gasteiger partial charge >= 0.3 is 0 Å². The van der Waals surface area contributed by atoms with Crippen molar-refractivity contribution in [3.05, 3.63) is 71.4 Å². The van der Waals surface area contributed by atoms with Crippen molar-refractivity contribution in [2.75, 3.05) is 18.1 Å². The molecule has 3 heterocycles. The fourth-order valence-electron chi connectivity index (χ4n) is 3.67. The normalized spacial score (nSPS) is 17.1. The van der Waals surface area contributed by atoms with E-state index >= 15 is 0 Å². The zero-order valence-electron chi connectivity index (χ0n) is 16.7. The Hall–Kier alpha value is -2.12. The van der Waals surface area contributed by atoms with Crippen LogP contribution in [0.15, 0.2) is 53.1 Å². The van der Waals surface area contributed by atoms with E-state index in [1.54, 1.807) is 18.0 Å². The molecule has 4 rings (SSSR count). The maximum Gasteiger partial charge on any atom is 0.224 e. The van der Waals surface area contributed by atoms with Crippen LogP contribution in [-0.4, -0.2) is 38.6 Å². The number of aryl methyl sites for hydroxylation is 1. The van der Waals surface area contributed by atoms with Gasteiger partial charge in [-0.15, -0.1) is 11.8 Å².